The van der Waals surface area contributed by atoms with Gasteiger partial charge in [0.1, 0.15) is 59.0 Å². The lowest BCUT2D eigenvalue weighted by atomic mass is 9.94. The van der Waals surface area contributed by atoms with Crippen LogP contribution in [0.4, 0.5) is 92.5 Å². The fourth-order valence-electron chi connectivity index (χ4n) is 9.73. The van der Waals surface area contributed by atoms with Crippen LogP contribution in [0.25, 0.3) is 0 Å². The van der Waals surface area contributed by atoms with Gasteiger partial charge in [0, 0.05) is 123 Å². The fourth-order valence-corrected chi connectivity index (χ4v) is 9.73. The number of hydrogen-bond donors (Lipinski definition) is 2. The molecule has 95 heavy (non-hydrogen) atoms. The lowest BCUT2D eigenvalue weighted by Crippen LogP contribution is -2.45. The Balaban J connectivity index is 0.000000213. The summed E-state index contributed by atoms with van der Waals surface area (Å²) in [7, 11) is 0. The number of carboxylic acid groups (broad SMARTS) is 1. The highest BCUT2D eigenvalue weighted by Crippen LogP contribution is 2.38. The maximum atomic E-state index is 15.4. The summed E-state index contributed by atoms with van der Waals surface area (Å²) in [6.07, 6.45) is 7.12. The van der Waals surface area contributed by atoms with E-state index in [1.807, 2.05) is 111 Å². The van der Waals surface area contributed by atoms with E-state index in [4.69, 9.17) is 29.3 Å². The average molecular weight is 1550 g/mol. The molecule has 0 radical (unpaired) electrons. The van der Waals surface area contributed by atoms with Gasteiger partial charge in [0.05, 0.1) is 38.0 Å². The number of esters is 1. The van der Waals surface area contributed by atoms with E-state index < -0.39 is 55.3 Å². The molecule has 2 saturated heterocycles. The molecule has 8 aromatic rings. The number of nitrogens with zero attached hydrogens (tertiary/aromatic N) is 8. The van der Waals surface area contributed by atoms with Crippen LogP contribution < -0.4 is 39.1 Å². The smallest absolute Gasteiger partial charge is 0.387 e. The number of rotatable bonds is 24. The molecule has 28 heteroatoms. The van der Waals surface area contributed by atoms with Gasteiger partial charge in [-0.25, -0.2) is 28.3 Å². The molecule has 2 N–H and O–H groups in total. The highest BCUT2D eigenvalue weighted by Gasteiger charge is 2.37. The normalized spacial score (nSPS) is 14.0. The number of aromatic nitrogens is 4. The van der Waals surface area contributed by atoms with Crippen LogP contribution in [0.15, 0.2) is 189 Å². The van der Waals surface area contributed by atoms with E-state index in [1.165, 1.54) is 36.4 Å². The van der Waals surface area contributed by atoms with E-state index >= 15 is 8.78 Å². The van der Waals surface area contributed by atoms with Crippen LogP contribution in [0.1, 0.15) is 46.5 Å². The number of piperidine rings is 2. The third-order valence-corrected chi connectivity index (χ3v) is 14.0. The van der Waals surface area contributed by atoms with Crippen molar-refractivity contribution in [3.8, 4) is 17.2 Å². The molecule has 0 aliphatic carbocycles. The van der Waals surface area contributed by atoms with Crippen molar-refractivity contribution in [3.05, 3.63) is 189 Å². The molecule has 2 aromatic heterocycles. The minimum atomic E-state index is -2.92. The summed E-state index contributed by atoms with van der Waals surface area (Å²) in [5, 5.41) is 11.8. The van der Waals surface area contributed by atoms with Crippen molar-refractivity contribution in [1.82, 2.24) is 19.9 Å². The Bertz CT molecular complexity index is 3570. The Kier molecular flexibility index (Phi) is 28.5. The van der Waals surface area contributed by atoms with E-state index in [0.29, 0.717) is 60.8 Å². The molecule has 2 aliphatic rings. The van der Waals surface area contributed by atoms with Crippen molar-refractivity contribution in [2.45, 2.75) is 83.2 Å². The van der Waals surface area contributed by atoms with Crippen LogP contribution in [0, 0.1) is 0 Å². The Morgan fingerprint density at radius 2 is 0.853 bits per heavy atom. The van der Waals surface area contributed by atoms with Crippen LogP contribution in [-0.4, -0.2) is 126 Å². The maximum absolute atomic E-state index is 15.4. The number of anilines is 10. The topological polar surface area (TPSA) is 186 Å². The standard InChI is InChI=1S/C29H33F3N4O4.C25H25F3N4O4.C13H11F2NO.I2/c1-28(2,3)40-26(37)19-38-20-29(32)13-15-35(16-14-29)24-17-33-18-25(34-24)36(21-7-5-4-6-8-21)22-9-11-23(12-10-22)39-27(30)31;26-24(27)36-20-8-6-19(7-9-20)32(18-4-2-1-3-5-18)22-15-29-14-21(30-22)31-12-10-25(28,11-13-31)17-35-16-23(33)34;14-13(15)17-12-8-6-11(7-9-12)16-10-4-2-1-3-5-10;1-2/h4-12,17-18,27H,13-16,19-20H2,1-3H3;1-9,14-15,24H,10-13,16-17H2,(H,33,34);1-9,13,16H;. The van der Waals surface area contributed by atoms with Gasteiger partial charge in [-0.15, -0.1) is 0 Å². The van der Waals surface area contributed by atoms with E-state index in [9.17, 15) is 35.9 Å². The minimum Gasteiger partial charge on any atom is -0.480 e. The predicted molar refractivity (Wildman–Crippen MR) is 363 cm³/mol. The minimum absolute atomic E-state index is 0.0388. The second-order valence-electron chi connectivity index (χ2n) is 22.2. The van der Waals surface area contributed by atoms with E-state index in [1.54, 1.807) is 82.0 Å². The van der Waals surface area contributed by atoms with Gasteiger partial charge in [0.15, 0.2) is 11.6 Å². The Hall–Kier alpha value is -8.36. The molecule has 2 aliphatic heterocycles. The molecule has 18 nitrogen and oxygen atoms in total. The van der Waals surface area contributed by atoms with Crippen LogP contribution in [-0.2, 0) is 23.8 Å². The molecular weight excluding hydrogens is 1480 g/mol. The van der Waals surface area contributed by atoms with E-state index in [2.05, 4.69) is 66.7 Å². The summed E-state index contributed by atoms with van der Waals surface area (Å²) in [4.78, 5) is 48.3. The van der Waals surface area contributed by atoms with Gasteiger partial charge < -0.3 is 48.6 Å². The number of nitrogens with one attached hydrogen (secondary N) is 1. The van der Waals surface area contributed by atoms with Gasteiger partial charge in [-0.3, -0.25) is 19.8 Å². The number of aliphatic carboxylic acids is 1. The van der Waals surface area contributed by atoms with E-state index in [0.717, 1.165) is 22.7 Å². The van der Waals surface area contributed by atoms with Crippen molar-refractivity contribution in [2.75, 3.05) is 77.5 Å². The van der Waals surface area contributed by atoms with Gasteiger partial charge in [-0.1, -0.05) is 54.6 Å². The number of hydrogen-bond acceptors (Lipinski definition) is 17. The number of carboxylic acids is 1. The Morgan fingerprint density at radius 1 is 0.516 bits per heavy atom. The Morgan fingerprint density at radius 3 is 1.21 bits per heavy atom. The molecule has 10 rings (SSSR count). The number of carbonyl (C=O) groups is 2. The van der Waals surface area contributed by atoms with Gasteiger partial charge in [0.2, 0.25) is 0 Å². The monoisotopic (exact) mass is 1550 g/mol. The first-order chi connectivity index (χ1) is 45.6. The first kappa shape index (κ1) is 74.0. The molecule has 0 atom stereocenters. The van der Waals surface area contributed by atoms with Crippen LogP contribution in [0.5, 0.6) is 17.2 Å². The fraction of sp³-hybridized carbons (Fsp3) is 0.313. The average Bonchev–Trinajstić information content (AvgIpc) is 0.813. The molecule has 4 heterocycles. The zero-order chi connectivity index (χ0) is 68.4. The molecule has 6 aromatic carbocycles. The molecule has 2 fully saturated rings. The summed E-state index contributed by atoms with van der Waals surface area (Å²) in [6, 6.07) is 47.2. The lowest BCUT2D eigenvalue weighted by Gasteiger charge is -2.37. The van der Waals surface area contributed by atoms with Crippen molar-refractivity contribution in [2.24, 2.45) is 0 Å². The number of halogens is 10. The molecule has 0 bridgehead atoms. The highest BCUT2D eigenvalue weighted by atomic mass is 128. The van der Waals surface area contributed by atoms with Gasteiger partial charge >= 0.3 is 31.8 Å². The highest BCUT2D eigenvalue weighted by molar-refractivity contribution is 15.0. The second kappa shape index (κ2) is 36.5. The number of benzene rings is 6. The summed E-state index contributed by atoms with van der Waals surface area (Å²) < 4.78 is 133. The second-order valence-corrected chi connectivity index (χ2v) is 22.2. The molecule has 0 spiro atoms. The molecular formula is C67H69F8I2N9O9. The van der Waals surface area contributed by atoms with Gasteiger partial charge in [0.25, 0.3) is 0 Å². The lowest BCUT2D eigenvalue weighted by molar-refractivity contribution is -0.161. The first-order valence-corrected chi connectivity index (χ1v) is 35.8. The third-order valence-electron chi connectivity index (χ3n) is 14.0. The van der Waals surface area contributed by atoms with Gasteiger partial charge in [-0.2, -0.15) is 26.3 Å². The van der Waals surface area contributed by atoms with Gasteiger partial charge in [-0.05, 0) is 130 Å². The quantitative estimate of drug-likeness (QED) is 0.0330. The van der Waals surface area contributed by atoms with Crippen molar-refractivity contribution in [3.63, 3.8) is 0 Å². The molecule has 0 saturated carbocycles. The zero-order valence-corrected chi connectivity index (χ0v) is 56.0. The first-order valence-electron chi connectivity index (χ1n) is 29.5. The largest absolute Gasteiger partial charge is 0.480 e. The summed E-state index contributed by atoms with van der Waals surface area (Å²) in [5.74, 6) is 0.696. The van der Waals surface area contributed by atoms with Crippen LogP contribution in [0.2, 0.25) is 0 Å². The molecule has 506 valence electrons. The third kappa shape index (κ3) is 24.4. The summed E-state index contributed by atoms with van der Waals surface area (Å²) >= 11 is 4.24. The molecule has 0 unspecified atom stereocenters. The molecule has 0 amide bonds. The van der Waals surface area contributed by atoms with Crippen molar-refractivity contribution in [1.29, 1.82) is 0 Å². The SMILES string of the molecule is CC(C)(C)OC(=O)COCC1(F)CCN(c2cncc(N(c3ccccc3)c3ccc(OC(F)F)cc3)n2)CC1.FC(F)Oc1ccc(Nc2ccccc2)cc1.II.O=C(O)COCC1(F)CCN(c2cncc(N(c3ccccc3)c3ccc(OC(F)F)cc3)n2)CC1. The number of ether oxygens (including phenoxy) is 6. The predicted octanol–water partition coefficient (Wildman–Crippen LogP) is 17.0. The zero-order valence-electron chi connectivity index (χ0n) is 51.7. The van der Waals surface area contributed by atoms with E-state index in [-0.39, 0.29) is 62.8 Å². The summed E-state index contributed by atoms with van der Waals surface area (Å²) in [6.45, 7) is -3.16. The Labute approximate surface area is 567 Å². The number of alkyl halides is 8. The number of carbonyl (C=O) groups excluding carboxylic acids is 1. The van der Waals surface area contributed by atoms with Crippen LogP contribution >= 0.6 is 37.2 Å². The van der Waals surface area contributed by atoms with Crippen molar-refractivity contribution < 1.29 is 78.2 Å². The maximum Gasteiger partial charge on any atom is 0.387 e. The number of para-hydroxylation sites is 3. The summed E-state index contributed by atoms with van der Waals surface area (Å²) in [5.41, 5.74) is 0.860. The van der Waals surface area contributed by atoms with Crippen molar-refractivity contribution >= 4 is 107 Å². The van der Waals surface area contributed by atoms with Crippen LogP contribution in [0.3, 0.4) is 0 Å².